The Labute approximate surface area is 149 Å². The lowest BCUT2D eigenvalue weighted by Crippen LogP contribution is -2.30. The number of carbonyl (C=O) groups is 1. The minimum Gasteiger partial charge on any atom is -0.481 e. The minimum atomic E-state index is -0.663. The smallest absolute Gasteiger partial charge is 0.266 e. The number of anilines is 1. The molecule has 1 amide bonds. The average molecular weight is 356 g/mol. The monoisotopic (exact) mass is 356 g/mol. The van der Waals surface area contributed by atoms with E-state index in [2.05, 4.69) is 10.3 Å². The maximum Gasteiger partial charge on any atom is 0.266 e. The molecule has 0 radical (unpaired) electrons. The van der Waals surface area contributed by atoms with E-state index in [4.69, 9.17) is 4.74 Å². The van der Waals surface area contributed by atoms with Gasteiger partial charge in [0.1, 0.15) is 11.6 Å². The third-order valence-electron chi connectivity index (χ3n) is 3.56. The number of thiazole rings is 1. The van der Waals surface area contributed by atoms with Crippen LogP contribution in [0.3, 0.4) is 0 Å². The van der Waals surface area contributed by atoms with Crippen LogP contribution in [0.15, 0.2) is 53.9 Å². The molecule has 0 aliphatic heterocycles. The van der Waals surface area contributed by atoms with E-state index in [1.807, 2.05) is 31.2 Å². The molecular weight excluding hydrogens is 339 g/mol. The third-order valence-corrected chi connectivity index (χ3v) is 4.32. The second-order valence-electron chi connectivity index (χ2n) is 5.61. The molecule has 1 N–H and O–H groups in total. The summed E-state index contributed by atoms with van der Waals surface area (Å²) in [4.78, 5) is 16.6. The van der Waals surface area contributed by atoms with Gasteiger partial charge in [-0.05, 0) is 38.1 Å². The minimum absolute atomic E-state index is 0.291. The van der Waals surface area contributed by atoms with E-state index < -0.39 is 6.10 Å². The van der Waals surface area contributed by atoms with Gasteiger partial charge in [0.05, 0.1) is 5.69 Å². The van der Waals surface area contributed by atoms with Crippen LogP contribution in [0.2, 0.25) is 0 Å². The van der Waals surface area contributed by atoms with Crippen molar-refractivity contribution in [3.05, 3.63) is 65.3 Å². The van der Waals surface area contributed by atoms with Gasteiger partial charge < -0.3 is 4.74 Å². The summed E-state index contributed by atoms with van der Waals surface area (Å²) in [5.74, 6) is 0.0183. The van der Waals surface area contributed by atoms with Gasteiger partial charge in [0.2, 0.25) is 0 Å². The number of nitrogens with one attached hydrogen (secondary N) is 1. The van der Waals surface area contributed by atoms with E-state index >= 15 is 0 Å². The van der Waals surface area contributed by atoms with Crippen molar-refractivity contribution in [2.75, 3.05) is 5.32 Å². The molecule has 1 heterocycles. The van der Waals surface area contributed by atoms with Crippen molar-refractivity contribution in [2.24, 2.45) is 0 Å². The predicted molar refractivity (Wildman–Crippen MR) is 97.4 cm³/mol. The van der Waals surface area contributed by atoms with Gasteiger partial charge in [-0.25, -0.2) is 9.37 Å². The number of carbonyl (C=O) groups excluding carboxylic acids is 1. The van der Waals surface area contributed by atoms with Crippen molar-refractivity contribution in [3.63, 3.8) is 0 Å². The second kappa shape index (κ2) is 7.44. The number of benzene rings is 2. The van der Waals surface area contributed by atoms with Crippen LogP contribution in [0.1, 0.15) is 12.5 Å². The molecule has 0 aliphatic carbocycles. The van der Waals surface area contributed by atoms with Crippen molar-refractivity contribution in [3.8, 4) is 17.0 Å². The molecule has 3 aromatic rings. The zero-order chi connectivity index (χ0) is 17.8. The maximum absolute atomic E-state index is 13.3. The molecule has 0 bridgehead atoms. The van der Waals surface area contributed by atoms with E-state index in [0.29, 0.717) is 22.1 Å². The predicted octanol–water partition coefficient (Wildman–Crippen LogP) is 4.66. The van der Waals surface area contributed by atoms with Crippen LogP contribution >= 0.6 is 11.3 Å². The fourth-order valence-corrected chi connectivity index (χ4v) is 2.92. The van der Waals surface area contributed by atoms with E-state index in [1.165, 1.54) is 23.5 Å². The van der Waals surface area contributed by atoms with Crippen molar-refractivity contribution in [1.82, 2.24) is 4.98 Å². The summed E-state index contributed by atoms with van der Waals surface area (Å²) in [6, 6.07) is 13.7. The van der Waals surface area contributed by atoms with Gasteiger partial charge in [-0.1, -0.05) is 29.8 Å². The molecule has 0 spiro atoms. The van der Waals surface area contributed by atoms with E-state index in [0.717, 1.165) is 5.56 Å². The highest BCUT2D eigenvalue weighted by molar-refractivity contribution is 7.14. The third kappa shape index (κ3) is 4.42. The molecule has 1 atom stereocenters. The molecule has 128 valence electrons. The number of rotatable bonds is 5. The van der Waals surface area contributed by atoms with Gasteiger partial charge in [0, 0.05) is 10.9 Å². The Bertz CT molecular complexity index is 877. The number of hydrogen-bond donors (Lipinski definition) is 1. The average Bonchev–Trinajstić information content (AvgIpc) is 3.05. The van der Waals surface area contributed by atoms with E-state index in [-0.39, 0.29) is 11.7 Å². The highest BCUT2D eigenvalue weighted by atomic mass is 32.1. The molecular formula is C19H17FN2O2S. The highest BCUT2D eigenvalue weighted by Crippen LogP contribution is 2.25. The summed E-state index contributed by atoms with van der Waals surface area (Å²) in [6.07, 6.45) is -0.663. The first-order chi connectivity index (χ1) is 12.0. The normalized spacial score (nSPS) is 11.8. The quantitative estimate of drug-likeness (QED) is 0.723. The summed E-state index contributed by atoms with van der Waals surface area (Å²) in [6.45, 7) is 3.66. The number of ether oxygens (including phenoxy) is 1. The van der Waals surface area contributed by atoms with Gasteiger partial charge in [0.25, 0.3) is 5.91 Å². The molecule has 25 heavy (non-hydrogen) atoms. The fourth-order valence-electron chi connectivity index (χ4n) is 2.19. The van der Waals surface area contributed by atoms with Gasteiger partial charge in [0.15, 0.2) is 11.2 Å². The van der Waals surface area contributed by atoms with Gasteiger partial charge >= 0.3 is 0 Å². The lowest BCUT2D eigenvalue weighted by molar-refractivity contribution is -0.122. The molecule has 1 aromatic heterocycles. The van der Waals surface area contributed by atoms with Crippen molar-refractivity contribution in [1.29, 1.82) is 0 Å². The largest absolute Gasteiger partial charge is 0.481 e. The Balaban J connectivity index is 1.64. The first kappa shape index (κ1) is 17.1. The number of hydrogen-bond acceptors (Lipinski definition) is 4. The van der Waals surface area contributed by atoms with Crippen LogP contribution < -0.4 is 10.1 Å². The maximum atomic E-state index is 13.3. The van der Waals surface area contributed by atoms with Crippen LogP contribution in [0.25, 0.3) is 11.3 Å². The zero-order valence-corrected chi connectivity index (χ0v) is 14.6. The van der Waals surface area contributed by atoms with Crippen molar-refractivity contribution >= 4 is 22.4 Å². The summed E-state index contributed by atoms with van der Waals surface area (Å²) >= 11 is 1.28. The van der Waals surface area contributed by atoms with Gasteiger partial charge in [-0.15, -0.1) is 11.3 Å². The first-order valence-electron chi connectivity index (χ1n) is 7.77. The Hall–Kier alpha value is -2.73. The molecule has 0 saturated carbocycles. The first-order valence-corrected chi connectivity index (χ1v) is 8.65. The highest BCUT2D eigenvalue weighted by Gasteiger charge is 2.16. The van der Waals surface area contributed by atoms with Gasteiger partial charge in [-0.3, -0.25) is 10.1 Å². The van der Waals surface area contributed by atoms with Crippen LogP contribution in [0, 0.1) is 12.7 Å². The fraction of sp³-hybridized carbons (Fsp3) is 0.158. The summed E-state index contributed by atoms with van der Waals surface area (Å²) < 4.78 is 18.9. The molecule has 0 aliphatic rings. The van der Waals surface area contributed by atoms with Crippen LogP contribution in [-0.4, -0.2) is 17.0 Å². The van der Waals surface area contributed by atoms with Crippen molar-refractivity contribution < 1.29 is 13.9 Å². The van der Waals surface area contributed by atoms with Crippen LogP contribution in [-0.2, 0) is 4.79 Å². The molecule has 4 nitrogen and oxygen atoms in total. The lowest BCUT2D eigenvalue weighted by atomic mass is 10.2. The number of aromatic nitrogens is 1. The molecule has 0 unspecified atom stereocenters. The number of halogens is 1. The number of nitrogens with zero attached hydrogens (tertiary/aromatic N) is 1. The van der Waals surface area contributed by atoms with Gasteiger partial charge in [-0.2, -0.15) is 0 Å². The molecule has 0 saturated heterocycles. The SMILES string of the molecule is Cc1ccc(O[C@@H](C)C(=O)Nc2nc(-c3cccc(F)c3)cs2)cc1. The topological polar surface area (TPSA) is 51.2 Å². The summed E-state index contributed by atoms with van der Waals surface area (Å²) in [7, 11) is 0. The molecule has 6 heteroatoms. The molecule has 0 fully saturated rings. The lowest BCUT2D eigenvalue weighted by Gasteiger charge is -2.13. The van der Waals surface area contributed by atoms with E-state index in [1.54, 1.807) is 24.4 Å². The molecule has 3 rings (SSSR count). The summed E-state index contributed by atoms with van der Waals surface area (Å²) in [5.41, 5.74) is 2.41. The Morgan fingerprint density at radius 2 is 2.00 bits per heavy atom. The number of amides is 1. The Morgan fingerprint density at radius 3 is 2.72 bits per heavy atom. The van der Waals surface area contributed by atoms with Crippen molar-refractivity contribution in [2.45, 2.75) is 20.0 Å². The summed E-state index contributed by atoms with van der Waals surface area (Å²) in [5, 5.41) is 4.95. The Kier molecular flexibility index (Phi) is 5.09. The Morgan fingerprint density at radius 1 is 1.24 bits per heavy atom. The second-order valence-corrected chi connectivity index (χ2v) is 6.47. The van der Waals surface area contributed by atoms with E-state index in [9.17, 15) is 9.18 Å². The van der Waals surface area contributed by atoms with Crippen LogP contribution in [0.4, 0.5) is 9.52 Å². The number of aryl methyl sites for hydroxylation is 1. The zero-order valence-electron chi connectivity index (χ0n) is 13.8. The standard InChI is InChI=1S/C19H17FN2O2S/c1-12-6-8-16(9-7-12)24-13(2)18(23)22-19-21-17(11-25-19)14-4-3-5-15(20)10-14/h3-11,13H,1-2H3,(H,21,22,23)/t13-/m0/s1. The molecule has 2 aromatic carbocycles. The van der Waals surface area contributed by atoms with Crippen LogP contribution in [0.5, 0.6) is 5.75 Å².